The highest BCUT2D eigenvalue weighted by Gasteiger charge is 2.14. The van der Waals surface area contributed by atoms with E-state index in [2.05, 4.69) is 26.6 Å². The molecule has 0 saturated heterocycles. The Kier molecular flexibility index (Phi) is 6.37. The van der Waals surface area contributed by atoms with Gasteiger partial charge in [0, 0.05) is 22.3 Å². The number of carbonyl (C=O) groups is 2. The maximum Gasteiger partial charge on any atom is 0.313 e. The van der Waals surface area contributed by atoms with E-state index in [9.17, 15) is 9.59 Å². The van der Waals surface area contributed by atoms with Crippen LogP contribution in [0, 0.1) is 0 Å². The number of benzene rings is 2. The van der Waals surface area contributed by atoms with Gasteiger partial charge in [-0.1, -0.05) is 34.1 Å². The number of ether oxygens (including phenoxy) is 1. The predicted octanol–water partition coefficient (Wildman–Crippen LogP) is 3.49. The van der Waals surface area contributed by atoms with Crippen molar-refractivity contribution in [1.29, 1.82) is 0 Å². The molecule has 0 atom stereocenters. The number of nitrogens with one attached hydrogen (secondary N) is 2. The number of carbonyl (C=O) groups excluding carboxylic acids is 2. The van der Waals surface area contributed by atoms with Gasteiger partial charge in [0.2, 0.25) is 0 Å². The van der Waals surface area contributed by atoms with Gasteiger partial charge in [0.15, 0.2) is 0 Å². The lowest BCUT2D eigenvalue weighted by atomic mass is 10.2. The normalized spacial score (nSPS) is 10.3. The number of hydrogen-bond donors (Lipinski definition) is 2. The molecule has 0 aliphatic rings. The molecular weight excluding hydrogens is 372 g/mol. The van der Waals surface area contributed by atoms with Gasteiger partial charge in [0.05, 0.1) is 6.10 Å². The van der Waals surface area contributed by atoms with Crippen molar-refractivity contribution >= 4 is 33.4 Å². The Bertz CT molecular complexity index is 714. The first kappa shape index (κ1) is 18.0. The Balaban J connectivity index is 1.93. The highest BCUT2D eigenvalue weighted by Crippen LogP contribution is 2.19. The number of para-hydroxylation sites is 1. The van der Waals surface area contributed by atoms with Gasteiger partial charge in [0.1, 0.15) is 5.75 Å². The fourth-order valence-corrected chi connectivity index (χ4v) is 2.26. The molecule has 2 rings (SSSR count). The third-order valence-corrected chi connectivity index (χ3v) is 3.61. The summed E-state index contributed by atoms with van der Waals surface area (Å²) in [4.78, 5) is 23.9. The van der Waals surface area contributed by atoms with Gasteiger partial charge in [-0.2, -0.15) is 0 Å². The van der Waals surface area contributed by atoms with Crippen molar-refractivity contribution in [3.8, 4) is 5.75 Å². The summed E-state index contributed by atoms with van der Waals surface area (Å²) in [6.45, 7) is 4.08. The van der Waals surface area contributed by atoms with Crippen molar-refractivity contribution in [3.63, 3.8) is 0 Å². The smallest absolute Gasteiger partial charge is 0.313 e. The summed E-state index contributed by atoms with van der Waals surface area (Å²) in [5.74, 6) is -0.710. The average molecular weight is 391 g/mol. The zero-order valence-corrected chi connectivity index (χ0v) is 15.1. The molecule has 0 saturated carbocycles. The Hall–Kier alpha value is -2.34. The van der Waals surface area contributed by atoms with Crippen LogP contribution in [0.25, 0.3) is 0 Å². The van der Waals surface area contributed by atoms with E-state index in [1.165, 1.54) is 0 Å². The van der Waals surface area contributed by atoms with Crippen LogP contribution in [-0.2, 0) is 16.1 Å². The van der Waals surface area contributed by atoms with Crippen molar-refractivity contribution in [2.75, 3.05) is 5.32 Å². The van der Waals surface area contributed by atoms with Crippen LogP contribution >= 0.6 is 15.9 Å². The molecule has 5 nitrogen and oxygen atoms in total. The fourth-order valence-electron chi connectivity index (χ4n) is 2.00. The first-order valence-corrected chi connectivity index (χ1v) is 8.34. The minimum atomic E-state index is -0.709. The van der Waals surface area contributed by atoms with E-state index < -0.39 is 11.8 Å². The molecule has 0 aromatic heterocycles. The highest BCUT2D eigenvalue weighted by molar-refractivity contribution is 9.10. The largest absolute Gasteiger partial charge is 0.491 e. The SMILES string of the molecule is CC(C)Oc1ccccc1CNC(=O)C(=O)Nc1ccc(Br)cc1. The molecule has 0 unspecified atom stereocenters. The van der Waals surface area contributed by atoms with Crippen LogP contribution in [0.15, 0.2) is 53.0 Å². The molecule has 0 bridgehead atoms. The van der Waals surface area contributed by atoms with E-state index in [4.69, 9.17) is 4.74 Å². The Labute approximate surface area is 149 Å². The Morgan fingerprint density at radius 1 is 1.04 bits per heavy atom. The summed E-state index contributed by atoms with van der Waals surface area (Å²) in [6.07, 6.45) is 0.0301. The van der Waals surface area contributed by atoms with E-state index in [0.29, 0.717) is 11.4 Å². The number of halogens is 1. The van der Waals surface area contributed by atoms with E-state index in [1.807, 2.05) is 38.1 Å². The minimum absolute atomic E-state index is 0.0301. The molecular formula is C18H19BrN2O3. The second kappa shape index (κ2) is 8.49. The molecule has 0 radical (unpaired) electrons. The molecule has 0 heterocycles. The quantitative estimate of drug-likeness (QED) is 0.767. The maximum atomic E-state index is 11.9. The predicted molar refractivity (Wildman–Crippen MR) is 96.8 cm³/mol. The topological polar surface area (TPSA) is 67.4 Å². The van der Waals surface area contributed by atoms with Crippen LogP contribution in [0.2, 0.25) is 0 Å². The van der Waals surface area contributed by atoms with Crippen LogP contribution in [0.5, 0.6) is 5.75 Å². The second-order valence-electron chi connectivity index (χ2n) is 5.42. The monoisotopic (exact) mass is 390 g/mol. The van der Waals surface area contributed by atoms with E-state index in [-0.39, 0.29) is 12.6 Å². The van der Waals surface area contributed by atoms with E-state index >= 15 is 0 Å². The zero-order valence-electron chi connectivity index (χ0n) is 13.5. The van der Waals surface area contributed by atoms with Gasteiger partial charge in [-0.15, -0.1) is 0 Å². The van der Waals surface area contributed by atoms with Crippen LogP contribution < -0.4 is 15.4 Å². The Morgan fingerprint density at radius 2 is 1.71 bits per heavy atom. The minimum Gasteiger partial charge on any atom is -0.491 e. The molecule has 2 aromatic rings. The number of rotatable bonds is 5. The number of anilines is 1. The molecule has 0 aliphatic heterocycles. The Morgan fingerprint density at radius 3 is 2.38 bits per heavy atom. The summed E-state index contributed by atoms with van der Waals surface area (Å²) in [6, 6.07) is 14.4. The lowest BCUT2D eigenvalue weighted by Gasteiger charge is -2.14. The number of hydrogen-bond acceptors (Lipinski definition) is 3. The molecule has 0 aliphatic carbocycles. The van der Waals surface area contributed by atoms with Gasteiger partial charge in [-0.25, -0.2) is 0 Å². The van der Waals surface area contributed by atoms with Gasteiger partial charge in [0.25, 0.3) is 0 Å². The van der Waals surface area contributed by atoms with Gasteiger partial charge < -0.3 is 15.4 Å². The first-order chi connectivity index (χ1) is 11.5. The van der Waals surface area contributed by atoms with Crippen LogP contribution in [0.3, 0.4) is 0 Å². The van der Waals surface area contributed by atoms with Crippen LogP contribution in [0.1, 0.15) is 19.4 Å². The van der Waals surface area contributed by atoms with Crippen molar-refractivity contribution in [1.82, 2.24) is 5.32 Å². The molecule has 6 heteroatoms. The van der Waals surface area contributed by atoms with Crippen LogP contribution in [0.4, 0.5) is 5.69 Å². The summed E-state index contributed by atoms with van der Waals surface area (Å²) in [5, 5.41) is 5.15. The van der Waals surface area contributed by atoms with Crippen molar-refractivity contribution in [2.45, 2.75) is 26.5 Å². The summed E-state index contributed by atoms with van der Waals surface area (Å²) in [5.41, 5.74) is 1.37. The molecule has 24 heavy (non-hydrogen) atoms. The lowest BCUT2D eigenvalue weighted by Crippen LogP contribution is -2.35. The highest BCUT2D eigenvalue weighted by atomic mass is 79.9. The van der Waals surface area contributed by atoms with Crippen molar-refractivity contribution in [2.24, 2.45) is 0 Å². The average Bonchev–Trinajstić information content (AvgIpc) is 2.55. The molecule has 0 spiro atoms. The standard InChI is InChI=1S/C18H19BrN2O3/c1-12(2)24-16-6-4-3-5-13(16)11-20-17(22)18(23)21-15-9-7-14(19)8-10-15/h3-10,12H,11H2,1-2H3,(H,20,22)(H,21,23). The van der Waals surface area contributed by atoms with Gasteiger partial charge >= 0.3 is 11.8 Å². The molecule has 0 fully saturated rings. The number of amides is 2. The van der Waals surface area contributed by atoms with E-state index in [1.54, 1.807) is 24.3 Å². The fraction of sp³-hybridized carbons (Fsp3) is 0.222. The van der Waals surface area contributed by atoms with Crippen molar-refractivity contribution < 1.29 is 14.3 Å². The van der Waals surface area contributed by atoms with E-state index in [0.717, 1.165) is 10.0 Å². The van der Waals surface area contributed by atoms with Crippen LogP contribution in [-0.4, -0.2) is 17.9 Å². The van der Waals surface area contributed by atoms with Gasteiger partial charge in [-0.3, -0.25) is 9.59 Å². The zero-order chi connectivity index (χ0) is 17.5. The van der Waals surface area contributed by atoms with Crippen molar-refractivity contribution in [3.05, 3.63) is 58.6 Å². The molecule has 126 valence electrons. The lowest BCUT2D eigenvalue weighted by molar-refractivity contribution is -0.136. The second-order valence-corrected chi connectivity index (χ2v) is 6.33. The summed E-state index contributed by atoms with van der Waals surface area (Å²) >= 11 is 3.31. The summed E-state index contributed by atoms with van der Waals surface area (Å²) < 4.78 is 6.58. The molecule has 2 amide bonds. The van der Waals surface area contributed by atoms with Gasteiger partial charge in [-0.05, 0) is 44.2 Å². The molecule has 2 N–H and O–H groups in total. The first-order valence-electron chi connectivity index (χ1n) is 7.55. The maximum absolute atomic E-state index is 11.9. The summed E-state index contributed by atoms with van der Waals surface area (Å²) in [7, 11) is 0. The third-order valence-electron chi connectivity index (χ3n) is 3.08. The molecule has 2 aromatic carbocycles. The third kappa shape index (κ3) is 5.38.